The van der Waals surface area contributed by atoms with E-state index in [9.17, 15) is 0 Å². The van der Waals surface area contributed by atoms with Crippen molar-refractivity contribution in [3.05, 3.63) is 18.2 Å². The Hall–Kier alpha value is -1.31. The van der Waals surface area contributed by atoms with E-state index >= 15 is 0 Å². The van der Waals surface area contributed by atoms with Gasteiger partial charge in [0.2, 0.25) is 0 Å². The number of hydrogen-bond acceptors (Lipinski definition) is 3. The Kier molecular flexibility index (Phi) is 8.00. The standard InChI is InChI=1S/C13H21N3O/c1-2-3-4-9-17-10-5-7-14-8-6-13-11-15-12-16-13/h11-12,14H,4-10H2,1H3,(H,15,16). The van der Waals surface area contributed by atoms with E-state index in [-0.39, 0.29) is 0 Å². The lowest BCUT2D eigenvalue weighted by Gasteiger charge is -2.04. The van der Waals surface area contributed by atoms with Crippen molar-refractivity contribution in [3.63, 3.8) is 0 Å². The van der Waals surface area contributed by atoms with Gasteiger partial charge >= 0.3 is 0 Å². The average molecular weight is 235 g/mol. The molecule has 1 aromatic rings. The molecule has 94 valence electrons. The number of nitrogens with zero attached hydrogens (tertiary/aromatic N) is 1. The van der Waals surface area contributed by atoms with Crippen LogP contribution in [0.3, 0.4) is 0 Å². The van der Waals surface area contributed by atoms with Gasteiger partial charge in [-0.05, 0) is 19.9 Å². The van der Waals surface area contributed by atoms with E-state index < -0.39 is 0 Å². The van der Waals surface area contributed by atoms with Gasteiger partial charge in [-0.3, -0.25) is 0 Å². The van der Waals surface area contributed by atoms with Crippen LogP contribution < -0.4 is 5.32 Å². The third kappa shape index (κ3) is 7.56. The molecule has 0 saturated carbocycles. The minimum atomic E-state index is 0.745. The summed E-state index contributed by atoms with van der Waals surface area (Å²) in [4.78, 5) is 7.05. The van der Waals surface area contributed by atoms with Crippen molar-refractivity contribution in [1.29, 1.82) is 0 Å². The predicted octanol–water partition coefficient (Wildman–Crippen LogP) is 1.36. The second-order valence-corrected chi connectivity index (χ2v) is 3.72. The third-order valence-electron chi connectivity index (χ3n) is 2.32. The number of nitrogens with one attached hydrogen (secondary N) is 2. The molecule has 4 nitrogen and oxygen atoms in total. The summed E-state index contributed by atoms with van der Waals surface area (Å²) in [7, 11) is 0. The summed E-state index contributed by atoms with van der Waals surface area (Å²) in [6.45, 7) is 5.37. The van der Waals surface area contributed by atoms with Crippen molar-refractivity contribution >= 4 is 0 Å². The zero-order valence-electron chi connectivity index (χ0n) is 10.5. The van der Waals surface area contributed by atoms with Crippen LogP contribution in [-0.2, 0) is 11.2 Å². The molecule has 2 N–H and O–H groups in total. The molecule has 0 fully saturated rings. The molecule has 0 aliphatic carbocycles. The maximum absolute atomic E-state index is 5.43. The Balaban J connectivity index is 1.79. The van der Waals surface area contributed by atoms with Crippen molar-refractivity contribution < 1.29 is 4.74 Å². The second kappa shape index (κ2) is 9.88. The van der Waals surface area contributed by atoms with Gasteiger partial charge in [-0.15, -0.1) is 11.8 Å². The molecule has 1 rings (SSSR count). The van der Waals surface area contributed by atoms with Crippen LogP contribution in [-0.4, -0.2) is 36.3 Å². The summed E-state index contributed by atoms with van der Waals surface area (Å²) in [6, 6.07) is 0. The van der Waals surface area contributed by atoms with Crippen molar-refractivity contribution in [3.8, 4) is 11.8 Å². The zero-order chi connectivity index (χ0) is 12.2. The lowest BCUT2D eigenvalue weighted by Crippen LogP contribution is -2.19. The summed E-state index contributed by atoms with van der Waals surface area (Å²) in [5, 5.41) is 3.37. The zero-order valence-corrected chi connectivity index (χ0v) is 10.5. The molecule has 0 atom stereocenters. The molecule has 0 radical (unpaired) electrons. The highest BCUT2D eigenvalue weighted by Crippen LogP contribution is 1.90. The summed E-state index contributed by atoms with van der Waals surface area (Å²) >= 11 is 0. The lowest BCUT2D eigenvalue weighted by molar-refractivity contribution is 0.137. The number of aromatic nitrogens is 2. The Morgan fingerprint density at radius 1 is 1.41 bits per heavy atom. The summed E-state index contributed by atoms with van der Waals surface area (Å²) < 4.78 is 5.43. The highest BCUT2D eigenvalue weighted by Gasteiger charge is 1.93. The lowest BCUT2D eigenvalue weighted by atomic mass is 10.3. The maximum Gasteiger partial charge on any atom is 0.0921 e. The predicted molar refractivity (Wildman–Crippen MR) is 68.7 cm³/mol. The largest absolute Gasteiger partial charge is 0.380 e. The van der Waals surface area contributed by atoms with Gasteiger partial charge < -0.3 is 15.0 Å². The molecule has 0 aliphatic rings. The minimum absolute atomic E-state index is 0.745. The Morgan fingerprint density at radius 2 is 2.35 bits per heavy atom. The first-order valence-corrected chi connectivity index (χ1v) is 6.09. The Morgan fingerprint density at radius 3 is 3.12 bits per heavy atom. The number of H-pyrrole nitrogens is 1. The van der Waals surface area contributed by atoms with Gasteiger partial charge in [0.15, 0.2) is 0 Å². The number of rotatable bonds is 9. The van der Waals surface area contributed by atoms with Crippen LogP contribution in [0.25, 0.3) is 0 Å². The molecule has 0 spiro atoms. The van der Waals surface area contributed by atoms with Gasteiger partial charge in [-0.25, -0.2) is 4.98 Å². The van der Waals surface area contributed by atoms with Crippen LogP contribution in [0.1, 0.15) is 25.5 Å². The monoisotopic (exact) mass is 235 g/mol. The average Bonchev–Trinajstić information content (AvgIpc) is 2.85. The quantitative estimate of drug-likeness (QED) is 0.502. The highest BCUT2D eigenvalue weighted by molar-refractivity contribution is 4.94. The number of ether oxygens (including phenoxy) is 1. The molecular formula is C13H21N3O. The molecule has 1 heterocycles. The smallest absolute Gasteiger partial charge is 0.0921 e. The number of hydrogen-bond donors (Lipinski definition) is 2. The van der Waals surface area contributed by atoms with Gasteiger partial charge in [-0.2, -0.15) is 0 Å². The summed E-state index contributed by atoms with van der Waals surface area (Å²) in [5.74, 6) is 5.82. The topological polar surface area (TPSA) is 49.9 Å². The summed E-state index contributed by atoms with van der Waals surface area (Å²) in [5.41, 5.74) is 1.17. The van der Waals surface area contributed by atoms with Crippen molar-refractivity contribution in [2.45, 2.75) is 26.2 Å². The first kappa shape index (κ1) is 13.8. The van der Waals surface area contributed by atoms with Crippen LogP contribution in [0, 0.1) is 11.8 Å². The first-order valence-electron chi connectivity index (χ1n) is 6.09. The van der Waals surface area contributed by atoms with Crippen LogP contribution in [0.4, 0.5) is 0 Å². The molecule has 1 aromatic heterocycles. The van der Waals surface area contributed by atoms with E-state index in [0.717, 1.165) is 45.6 Å². The van der Waals surface area contributed by atoms with Crippen molar-refractivity contribution in [2.75, 3.05) is 26.3 Å². The van der Waals surface area contributed by atoms with E-state index in [2.05, 4.69) is 27.1 Å². The maximum atomic E-state index is 5.43. The first-order chi connectivity index (χ1) is 8.43. The fourth-order valence-electron chi connectivity index (χ4n) is 1.42. The van der Waals surface area contributed by atoms with Gasteiger partial charge in [0.1, 0.15) is 0 Å². The molecule has 0 saturated heterocycles. The number of aromatic amines is 1. The molecule has 0 aromatic carbocycles. The fourth-order valence-corrected chi connectivity index (χ4v) is 1.42. The SMILES string of the molecule is CC#CCCOCCCNCCc1cnc[nH]1. The normalized spacial score (nSPS) is 9.94. The van der Waals surface area contributed by atoms with E-state index in [0.29, 0.717) is 0 Å². The molecule has 0 bridgehead atoms. The van der Waals surface area contributed by atoms with Gasteiger partial charge in [-0.1, -0.05) is 0 Å². The highest BCUT2D eigenvalue weighted by atomic mass is 16.5. The minimum Gasteiger partial charge on any atom is -0.380 e. The van der Waals surface area contributed by atoms with Crippen LogP contribution >= 0.6 is 0 Å². The van der Waals surface area contributed by atoms with Crippen molar-refractivity contribution in [1.82, 2.24) is 15.3 Å². The van der Waals surface area contributed by atoms with E-state index in [4.69, 9.17) is 4.74 Å². The number of imidazole rings is 1. The van der Waals surface area contributed by atoms with E-state index in [1.807, 2.05) is 13.1 Å². The molecular weight excluding hydrogens is 214 g/mol. The van der Waals surface area contributed by atoms with Gasteiger partial charge in [0.25, 0.3) is 0 Å². The van der Waals surface area contributed by atoms with Gasteiger partial charge in [0.05, 0.1) is 12.9 Å². The second-order valence-electron chi connectivity index (χ2n) is 3.72. The molecule has 0 unspecified atom stereocenters. The Labute approximate surface area is 103 Å². The third-order valence-corrected chi connectivity index (χ3v) is 2.32. The van der Waals surface area contributed by atoms with Crippen LogP contribution in [0.2, 0.25) is 0 Å². The van der Waals surface area contributed by atoms with Crippen LogP contribution in [0.15, 0.2) is 12.5 Å². The fraction of sp³-hybridized carbons (Fsp3) is 0.615. The Bertz CT molecular complexity index is 324. The van der Waals surface area contributed by atoms with E-state index in [1.165, 1.54) is 5.69 Å². The molecule has 0 aliphatic heterocycles. The van der Waals surface area contributed by atoms with Crippen LogP contribution in [0.5, 0.6) is 0 Å². The summed E-state index contributed by atoms with van der Waals surface area (Å²) in [6.07, 6.45) is 6.45. The molecule has 4 heteroatoms. The molecule has 17 heavy (non-hydrogen) atoms. The van der Waals surface area contributed by atoms with Gasteiger partial charge in [0, 0.05) is 37.9 Å². The van der Waals surface area contributed by atoms with Crippen molar-refractivity contribution in [2.24, 2.45) is 0 Å². The molecule has 0 amide bonds. The van der Waals surface area contributed by atoms with E-state index in [1.54, 1.807) is 6.33 Å².